The number of nitrogens with one attached hydrogen (secondary N) is 1. The van der Waals surface area contributed by atoms with Gasteiger partial charge in [-0.05, 0) is 25.5 Å². The van der Waals surface area contributed by atoms with Crippen LogP contribution in [0.25, 0.3) is 0 Å². The van der Waals surface area contributed by atoms with Gasteiger partial charge in [-0.2, -0.15) is 0 Å². The summed E-state index contributed by atoms with van der Waals surface area (Å²) in [5.74, 6) is 0.804. The minimum Gasteiger partial charge on any atom is -0.473 e. The highest BCUT2D eigenvalue weighted by Crippen LogP contribution is 2.18. The number of rotatable bonds is 5. The van der Waals surface area contributed by atoms with Crippen LogP contribution in [0.4, 0.5) is 4.79 Å². The van der Waals surface area contributed by atoms with Gasteiger partial charge in [-0.25, -0.2) is 4.79 Å². The van der Waals surface area contributed by atoms with E-state index in [4.69, 9.17) is 10.5 Å². The lowest BCUT2D eigenvalue weighted by atomic mass is 10.1. The van der Waals surface area contributed by atoms with Crippen molar-refractivity contribution in [1.82, 2.24) is 15.1 Å². The van der Waals surface area contributed by atoms with Crippen LogP contribution < -0.4 is 15.8 Å². The fourth-order valence-corrected chi connectivity index (χ4v) is 2.61. The number of aryl methyl sites for hydroxylation is 2. The second-order valence-electron chi connectivity index (χ2n) is 5.66. The predicted octanol–water partition coefficient (Wildman–Crippen LogP) is 0.926. The fraction of sp³-hybridized carbons (Fsp3) is 0.562. The number of amides is 2. The zero-order chi connectivity index (χ0) is 15.9. The smallest absolute Gasteiger partial charge is 0.320 e. The number of benzene rings is 1. The highest BCUT2D eigenvalue weighted by molar-refractivity contribution is 5.74. The molecule has 1 fully saturated rings. The van der Waals surface area contributed by atoms with E-state index in [0.29, 0.717) is 6.54 Å². The molecule has 0 aromatic heterocycles. The average molecular weight is 306 g/mol. The van der Waals surface area contributed by atoms with Crippen LogP contribution in [0.1, 0.15) is 11.1 Å². The molecule has 1 aliphatic heterocycles. The largest absolute Gasteiger partial charge is 0.473 e. The average Bonchev–Trinajstić information content (AvgIpc) is 2.50. The summed E-state index contributed by atoms with van der Waals surface area (Å²) in [5, 5.41) is 2.81. The van der Waals surface area contributed by atoms with E-state index in [2.05, 4.69) is 16.3 Å². The molecular formula is C16H26N4O2. The van der Waals surface area contributed by atoms with E-state index in [1.54, 1.807) is 0 Å². The number of urea groups is 1. The van der Waals surface area contributed by atoms with E-state index in [9.17, 15) is 4.79 Å². The minimum absolute atomic E-state index is 0.0721. The first-order valence-corrected chi connectivity index (χ1v) is 7.75. The molecule has 122 valence electrons. The van der Waals surface area contributed by atoms with E-state index in [1.807, 2.05) is 30.9 Å². The zero-order valence-corrected chi connectivity index (χ0v) is 13.5. The third-order valence-electron chi connectivity index (χ3n) is 3.89. The number of nitrogens with zero attached hydrogens (tertiary/aromatic N) is 2. The van der Waals surface area contributed by atoms with Gasteiger partial charge in [-0.3, -0.25) is 4.90 Å². The van der Waals surface area contributed by atoms with Crippen molar-refractivity contribution in [2.45, 2.75) is 13.8 Å². The van der Waals surface area contributed by atoms with Crippen molar-refractivity contribution in [2.24, 2.45) is 5.73 Å². The molecule has 0 unspecified atom stereocenters. The summed E-state index contributed by atoms with van der Waals surface area (Å²) in [4.78, 5) is 16.2. The van der Waals surface area contributed by atoms with Gasteiger partial charge in [0, 0.05) is 39.3 Å². The minimum atomic E-state index is -0.0721. The van der Waals surface area contributed by atoms with Crippen LogP contribution in [0.2, 0.25) is 0 Å². The molecule has 0 atom stereocenters. The van der Waals surface area contributed by atoms with Crippen LogP contribution in [0.5, 0.6) is 5.75 Å². The van der Waals surface area contributed by atoms with Crippen LogP contribution >= 0.6 is 0 Å². The molecule has 0 aliphatic carbocycles. The molecule has 2 amide bonds. The molecule has 0 radical (unpaired) electrons. The zero-order valence-electron chi connectivity index (χ0n) is 13.5. The SMILES string of the molecule is Cc1ccc(OCNC(=O)N2CCN(CCN)CC2)c(C)c1. The molecule has 1 saturated heterocycles. The molecule has 2 rings (SSSR count). The van der Waals surface area contributed by atoms with Gasteiger partial charge in [0.15, 0.2) is 6.73 Å². The van der Waals surface area contributed by atoms with Crippen molar-refractivity contribution in [1.29, 1.82) is 0 Å². The van der Waals surface area contributed by atoms with Crippen molar-refractivity contribution in [3.8, 4) is 5.75 Å². The molecule has 0 spiro atoms. The van der Waals surface area contributed by atoms with Crippen LogP contribution in [0, 0.1) is 13.8 Å². The predicted molar refractivity (Wildman–Crippen MR) is 87.0 cm³/mol. The maximum atomic E-state index is 12.1. The number of piperazine rings is 1. The molecular weight excluding hydrogens is 280 g/mol. The number of carbonyl (C=O) groups excluding carboxylic acids is 1. The fourth-order valence-electron chi connectivity index (χ4n) is 2.61. The molecule has 1 aromatic rings. The Kier molecular flexibility index (Phi) is 6.03. The van der Waals surface area contributed by atoms with E-state index in [1.165, 1.54) is 5.56 Å². The lowest BCUT2D eigenvalue weighted by Crippen LogP contribution is -2.52. The quantitative estimate of drug-likeness (QED) is 0.794. The van der Waals surface area contributed by atoms with Gasteiger partial charge in [0.05, 0.1) is 0 Å². The molecule has 6 nitrogen and oxygen atoms in total. The van der Waals surface area contributed by atoms with E-state index in [0.717, 1.165) is 44.0 Å². The molecule has 0 saturated carbocycles. The molecule has 1 aromatic carbocycles. The summed E-state index contributed by atoms with van der Waals surface area (Å²) >= 11 is 0. The van der Waals surface area contributed by atoms with Crippen molar-refractivity contribution in [3.05, 3.63) is 29.3 Å². The second-order valence-corrected chi connectivity index (χ2v) is 5.66. The Morgan fingerprint density at radius 2 is 2.00 bits per heavy atom. The van der Waals surface area contributed by atoms with Gasteiger partial charge in [-0.15, -0.1) is 0 Å². The molecule has 22 heavy (non-hydrogen) atoms. The van der Waals surface area contributed by atoms with Gasteiger partial charge < -0.3 is 20.7 Å². The lowest BCUT2D eigenvalue weighted by molar-refractivity contribution is 0.135. The van der Waals surface area contributed by atoms with Gasteiger partial charge in [0.1, 0.15) is 5.75 Å². The standard InChI is InChI=1S/C16H26N4O2/c1-13-3-4-15(14(2)11-13)22-12-18-16(21)20-9-7-19(6-5-17)8-10-20/h3-4,11H,5-10,12,17H2,1-2H3,(H,18,21). The molecule has 1 aliphatic rings. The Morgan fingerprint density at radius 3 is 2.64 bits per heavy atom. The first-order valence-electron chi connectivity index (χ1n) is 7.75. The Hall–Kier alpha value is -1.79. The Morgan fingerprint density at radius 1 is 1.27 bits per heavy atom. The lowest BCUT2D eigenvalue weighted by Gasteiger charge is -2.34. The molecule has 6 heteroatoms. The van der Waals surface area contributed by atoms with Crippen molar-refractivity contribution >= 4 is 6.03 Å². The van der Waals surface area contributed by atoms with E-state index >= 15 is 0 Å². The topological polar surface area (TPSA) is 70.8 Å². The number of carbonyl (C=O) groups is 1. The summed E-state index contributed by atoms with van der Waals surface area (Å²) in [6, 6.07) is 5.93. The van der Waals surface area contributed by atoms with Gasteiger partial charge in [0.2, 0.25) is 0 Å². The highest BCUT2D eigenvalue weighted by Gasteiger charge is 2.20. The second kappa shape index (κ2) is 8.00. The van der Waals surface area contributed by atoms with Crippen molar-refractivity contribution in [3.63, 3.8) is 0 Å². The summed E-state index contributed by atoms with van der Waals surface area (Å²) in [6.07, 6.45) is 0. The number of hydrogen-bond donors (Lipinski definition) is 2. The van der Waals surface area contributed by atoms with Gasteiger partial charge >= 0.3 is 6.03 Å². The molecule has 3 N–H and O–H groups in total. The van der Waals surface area contributed by atoms with Crippen LogP contribution in [-0.4, -0.2) is 61.8 Å². The Balaban J connectivity index is 1.72. The molecule has 1 heterocycles. The highest BCUT2D eigenvalue weighted by atomic mass is 16.5. The first kappa shape index (κ1) is 16.6. The van der Waals surface area contributed by atoms with Crippen molar-refractivity contribution < 1.29 is 9.53 Å². The monoisotopic (exact) mass is 306 g/mol. The molecule has 0 bridgehead atoms. The van der Waals surface area contributed by atoms with Crippen LogP contribution in [0.15, 0.2) is 18.2 Å². The summed E-state index contributed by atoms with van der Waals surface area (Å²) < 4.78 is 5.63. The summed E-state index contributed by atoms with van der Waals surface area (Å²) in [5.41, 5.74) is 7.82. The number of nitrogens with two attached hydrogens (primary N) is 1. The third-order valence-corrected chi connectivity index (χ3v) is 3.89. The van der Waals surface area contributed by atoms with Crippen molar-refractivity contribution in [2.75, 3.05) is 46.0 Å². The van der Waals surface area contributed by atoms with Crippen LogP contribution in [0.3, 0.4) is 0 Å². The van der Waals surface area contributed by atoms with Gasteiger partial charge in [0.25, 0.3) is 0 Å². The van der Waals surface area contributed by atoms with E-state index < -0.39 is 0 Å². The summed E-state index contributed by atoms with van der Waals surface area (Å²) in [7, 11) is 0. The first-order chi connectivity index (χ1) is 10.6. The number of ether oxygens (including phenoxy) is 1. The third kappa shape index (κ3) is 4.61. The summed E-state index contributed by atoms with van der Waals surface area (Å²) in [6.45, 7) is 9.01. The normalized spacial score (nSPS) is 15.7. The van der Waals surface area contributed by atoms with E-state index in [-0.39, 0.29) is 12.8 Å². The van der Waals surface area contributed by atoms with Crippen LogP contribution in [-0.2, 0) is 0 Å². The van der Waals surface area contributed by atoms with Gasteiger partial charge in [-0.1, -0.05) is 17.7 Å². The Bertz CT molecular complexity index is 499. The number of hydrogen-bond acceptors (Lipinski definition) is 4. The maximum absolute atomic E-state index is 12.1. The Labute approximate surface area is 132 Å². The maximum Gasteiger partial charge on any atom is 0.320 e.